The zero-order chi connectivity index (χ0) is 14.4. The first kappa shape index (κ1) is 13.3. The molecule has 19 heavy (non-hydrogen) atoms. The predicted octanol–water partition coefficient (Wildman–Crippen LogP) is 2.38. The highest BCUT2D eigenvalue weighted by molar-refractivity contribution is 5.86. The number of carboxylic acid groups (broad SMARTS) is 1. The quantitative estimate of drug-likeness (QED) is 0.899. The maximum atomic E-state index is 11.2. The molecule has 0 aromatic carbocycles. The SMILES string of the molecule is Cc1nn(C)cc1-c1nc(C(C)(C)C)c(C(=O)O)o1. The first-order valence-electron chi connectivity index (χ1n) is 5.95. The van der Waals surface area contributed by atoms with E-state index in [4.69, 9.17) is 4.42 Å². The topological polar surface area (TPSA) is 81.2 Å². The largest absolute Gasteiger partial charge is 0.475 e. The summed E-state index contributed by atoms with van der Waals surface area (Å²) >= 11 is 0. The fourth-order valence-corrected chi connectivity index (χ4v) is 1.90. The fourth-order valence-electron chi connectivity index (χ4n) is 1.90. The van der Waals surface area contributed by atoms with E-state index >= 15 is 0 Å². The predicted molar refractivity (Wildman–Crippen MR) is 69.1 cm³/mol. The third-order valence-electron chi connectivity index (χ3n) is 2.78. The van der Waals surface area contributed by atoms with Crippen LogP contribution in [-0.2, 0) is 12.5 Å². The normalized spacial score (nSPS) is 11.8. The van der Waals surface area contributed by atoms with Gasteiger partial charge in [0.15, 0.2) is 0 Å². The maximum absolute atomic E-state index is 11.2. The van der Waals surface area contributed by atoms with Gasteiger partial charge in [0.25, 0.3) is 0 Å². The van der Waals surface area contributed by atoms with Crippen LogP contribution in [0.3, 0.4) is 0 Å². The summed E-state index contributed by atoms with van der Waals surface area (Å²) in [6.45, 7) is 7.53. The molecular formula is C13H17N3O3. The number of hydrogen-bond donors (Lipinski definition) is 1. The Balaban J connectivity index is 2.61. The standard InChI is InChI=1S/C13H17N3O3/c1-7-8(6-16(5)15-7)11-14-10(13(2,3)4)9(19-11)12(17)18/h6H,1-5H3,(H,17,18). The highest BCUT2D eigenvalue weighted by Crippen LogP contribution is 2.31. The Bertz CT molecular complexity index is 632. The second-order valence-corrected chi connectivity index (χ2v) is 5.55. The van der Waals surface area contributed by atoms with Crippen LogP contribution >= 0.6 is 0 Å². The van der Waals surface area contributed by atoms with Gasteiger partial charge in [-0.15, -0.1) is 0 Å². The molecule has 0 radical (unpaired) electrons. The second kappa shape index (κ2) is 4.22. The maximum Gasteiger partial charge on any atom is 0.373 e. The number of oxazole rings is 1. The Morgan fingerprint density at radius 1 is 1.42 bits per heavy atom. The summed E-state index contributed by atoms with van der Waals surface area (Å²) < 4.78 is 7.06. The number of hydrogen-bond acceptors (Lipinski definition) is 4. The van der Waals surface area contributed by atoms with Crippen LogP contribution in [0.2, 0.25) is 0 Å². The first-order valence-corrected chi connectivity index (χ1v) is 5.95. The highest BCUT2D eigenvalue weighted by atomic mass is 16.4. The van der Waals surface area contributed by atoms with Gasteiger partial charge >= 0.3 is 5.97 Å². The van der Waals surface area contributed by atoms with Crippen LogP contribution in [0.5, 0.6) is 0 Å². The Kier molecular flexibility index (Phi) is 2.96. The third kappa shape index (κ3) is 2.38. The Morgan fingerprint density at radius 3 is 2.42 bits per heavy atom. The Morgan fingerprint density at radius 2 is 2.05 bits per heavy atom. The van der Waals surface area contributed by atoms with Crippen LogP contribution in [0.4, 0.5) is 0 Å². The van der Waals surface area contributed by atoms with Crippen molar-refractivity contribution in [2.24, 2.45) is 7.05 Å². The van der Waals surface area contributed by atoms with E-state index in [1.165, 1.54) is 0 Å². The van der Waals surface area contributed by atoms with E-state index in [0.29, 0.717) is 17.1 Å². The number of aryl methyl sites for hydroxylation is 2. The summed E-state index contributed by atoms with van der Waals surface area (Å²) in [5.74, 6) is -0.913. The molecule has 0 aliphatic heterocycles. The molecule has 0 atom stereocenters. The Labute approximate surface area is 111 Å². The second-order valence-electron chi connectivity index (χ2n) is 5.55. The molecule has 6 heteroatoms. The first-order chi connectivity index (χ1) is 8.70. The van der Waals surface area contributed by atoms with Crippen molar-refractivity contribution in [1.82, 2.24) is 14.8 Å². The average molecular weight is 263 g/mol. The van der Waals surface area contributed by atoms with Crippen molar-refractivity contribution < 1.29 is 14.3 Å². The highest BCUT2D eigenvalue weighted by Gasteiger charge is 2.29. The van der Waals surface area contributed by atoms with Gasteiger partial charge in [0.2, 0.25) is 11.7 Å². The van der Waals surface area contributed by atoms with Gasteiger partial charge in [-0.25, -0.2) is 9.78 Å². The Hall–Kier alpha value is -2.11. The molecule has 0 spiro atoms. The summed E-state index contributed by atoms with van der Waals surface area (Å²) in [6.07, 6.45) is 1.76. The van der Waals surface area contributed by atoms with Crippen LogP contribution < -0.4 is 0 Å². The minimum atomic E-state index is -1.11. The molecule has 2 rings (SSSR count). The minimum Gasteiger partial charge on any atom is -0.475 e. The van der Waals surface area contributed by atoms with Crippen molar-refractivity contribution in [2.75, 3.05) is 0 Å². The molecule has 2 aromatic rings. The van der Waals surface area contributed by atoms with E-state index in [-0.39, 0.29) is 5.76 Å². The van der Waals surface area contributed by atoms with E-state index in [0.717, 1.165) is 5.69 Å². The molecular weight excluding hydrogens is 246 g/mol. The molecule has 2 aromatic heterocycles. The lowest BCUT2D eigenvalue weighted by atomic mass is 9.91. The number of aromatic nitrogens is 3. The molecule has 2 heterocycles. The average Bonchev–Trinajstić information content (AvgIpc) is 2.80. The van der Waals surface area contributed by atoms with Crippen molar-refractivity contribution in [1.29, 1.82) is 0 Å². The molecule has 0 saturated heterocycles. The molecule has 0 bridgehead atoms. The van der Waals surface area contributed by atoms with Gasteiger partial charge in [0.05, 0.1) is 11.3 Å². The molecule has 0 fully saturated rings. The molecule has 6 nitrogen and oxygen atoms in total. The van der Waals surface area contributed by atoms with Gasteiger partial charge in [-0.05, 0) is 6.92 Å². The lowest BCUT2D eigenvalue weighted by molar-refractivity contribution is 0.0659. The van der Waals surface area contributed by atoms with Crippen LogP contribution in [0.1, 0.15) is 42.7 Å². The van der Waals surface area contributed by atoms with Crippen molar-refractivity contribution in [3.8, 4) is 11.5 Å². The van der Waals surface area contributed by atoms with Crippen LogP contribution in [0, 0.1) is 6.92 Å². The fraction of sp³-hybridized carbons (Fsp3) is 0.462. The number of aromatic carboxylic acids is 1. The monoisotopic (exact) mass is 263 g/mol. The van der Waals surface area contributed by atoms with Crippen molar-refractivity contribution in [3.63, 3.8) is 0 Å². The molecule has 1 N–H and O–H groups in total. The molecule has 0 unspecified atom stereocenters. The number of rotatable bonds is 2. The third-order valence-corrected chi connectivity index (χ3v) is 2.78. The van der Waals surface area contributed by atoms with Crippen molar-refractivity contribution in [2.45, 2.75) is 33.1 Å². The summed E-state index contributed by atoms with van der Waals surface area (Å²) in [4.78, 5) is 15.6. The summed E-state index contributed by atoms with van der Waals surface area (Å²) in [7, 11) is 1.79. The minimum absolute atomic E-state index is 0.106. The summed E-state index contributed by atoms with van der Waals surface area (Å²) in [5.41, 5.74) is 1.51. The van der Waals surface area contributed by atoms with Gasteiger partial charge in [-0.3, -0.25) is 4.68 Å². The van der Waals surface area contributed by atoms with Gasteiger partial charge in [0, 0.05) is 18.7 Å². The van der Waals surface area contributed by atoms with Gasteiger partial charge in [-0.1, -0.05) is 20.8 Å². The summed E-state index contributed by atoms with van der Waals surface area (Å²) in [5, 5.41) is 13.4. The molecule has 0 aliphatic carbocycles. The van der Waals surface area contributed by atoms with Gasteiger partial charge in [-0.2, -0.15) is 5.10 Å². The van der Waals surface area contributed by atoms with Crippen LogP contribution in [0.25, 0.3) is 11.5 Å². The van der Waals surface area contributed by atoms with Crippen molar-refractivity contribution in [3.05, 3.63) is 23.3 Å². The molecule has 102 valence electrons. The zero-order valence-electron chi connectivity index (χ0n) is 11.7. The number of carbonyl (C=O) groups is 1. The van der Waals surface area contributed by atoms with E-state index in [9.17, 15) is 9.90 Å². The molecule has 0 saturated carbocycles. The van der Waals surface area contributed by atoms with Crippen LogP contribution in [0.15, 0.2) is 10.6 Å². The van der Waals surface area contributed by atoms with E-state index in [1.807, 2.05) is 27.7 Å². The van der Waals surface area contributed by atoms with Crippen LogP contribution in [-0.4, -0.2) is 25.8 Å². The van der Waals surface area contributed by atoms with Gasteiger partial charge < -0.3 is 9.52 Å². The number of nitrogens with zero attached hydrogens (tertiary/aromatic N) is 3. The smallest absolute Gasteiger partial charge is 0.373 e. The number of carboxylic acids is 1. The lowest BCUT2D eigenvalue weighted by Gasteiger charge is -2.14. The lowest BCUT2D eigenvalue weighted by Crippen LogP contribution is -2.16. The zero-order valence-corrected chi connectivity index (χ0v) is 11.7. The van der Waals surface area contributed by atoms with Crippen molar-refractivity contribution >= 4 is 5.97 Å². The molecule has 0 amide bonds. The van der Waals surface area contributed by atoms with E-state index in [1.54, 1.807) is 17.9 Å². The van der Waals surface area contributed by atoms with Gasteiger partial charge in [0.1, 0.15) is 5.69 Å². The molecule has 0 aliphatic rings. The van der Waals surface area contributed by atoms with E-state index in [2.05, 4.69) is 10.1 Å². The summed E-state index contributed by atoms with van der Waals surface area (Å²) in [6, 6.07) is 0. The van der Waals surface area contributed by atoms with E-state index < -0.39 is 11.4 Å².